The molecule has 0 fully saturated rings. The number of sulfonamides is 1. The molecule has 1 heterocycles. The van der Waals surface area contributed by atoms with E-state index >= 15 is 0 Å². The van der Waals surface area contributed by atoms with Crippen LogP contribution < -0.4 is 4.31 Å². The summed E-state index contributed by atoms with van der Waals surface area (Å²) in [5, 5.41) is 13.9. The molecule has 1 aromatic heterocycles. The van der Waals surface area contributed by atoms with Crippen molar-refractivity contribution in [3.63, 3.8) is 0 Å². The van der Waals surface area contributed by atoms with E-state index in [4.69, 9.17) is 11.6 Å². The largest absolute Gasteiger partial charge is 0.389 e. The minimum atomic E-state index is -3.94. The zero-order valence-corrected chi connectivity index (χ0v) is 20.7. The van der Waals surface area contributed by atoms with Crippen molar-refractivity contribution in [1.82, 2.24) is 4.57 Å². The second-order valence-corrected chi connectivity index (χ2v) is 10.9. The maximum Gasteiger partial charge on any atom is 0.264 e. The molecule has 0 saturated heterocycles. The van der Waals surface area contributed by atoms with Crippen molar-refractivity contribution in [1.29, 1.82) is 0 Å². The molecule has 0 spiro atoms. The van der Waals surface area contributed by atoms with E-state index in [9.17, 15) is 13.5 Å². The second kappa shape index (κ2) is 9.38. The van der Waals surface area contributed by atoms with Crippen LogP contribution in [0, 0.1) is 6.92 Å². The van der Waals surface area contributed by atoms with Gasteiger partial charge in [-0.2, -0.15) is 0 Å². The van der Waals surface area contributed by atoms with E-state index in [2.05, 4.69) is 16.7 Å². The average Bonchev–Trinajstić information content (AvgIpc) is 3.16. The van der Waals surface area contributed by atoms with Gasteiger partial charge in [0, 0.05) is 26.8 Å². The molecule has 0 radical (unpaired) electrons. The van der Waals surface area contributed by atoms with Gasteiger partial charge in [0.25, 0.3) is 10.0 Å². The van der Waals surface area contributed by atoms with Crippen LogP contribution in [0.2, 0.25) is 5.02 Å². The summed E-state index contributed by atoms with van der Waals surface area (Å²) in [7, 11) is -3.94. The number of aromatic nitrogens is 1. The lowest BCUT2D eigenvalue weighted by Gasteiger charge is -2.27. The number of hydrogen-bond donors (Lipinski definition) is 1. The molecule has 5 aromatic rings. The van der Waals surface area contributed by atoms with E-state index in [0.29, 0.717) is 10.7 Å². The highest BCUT2D eigenvalue weighted by atomic mass is 35.5. The van der Waals surface area contributed by atoms with Gasteiger partial charge in [-0.15, -0.1) is 0 Å². The topological polar surface area (TPSA) is 62.5 Å². The van der Waals surface area contributed by atoms with Crippen molar-refractivity contribution in [2.24, 2.45) is 0 Å². The zero-order valence-electron chi connectivity index (χ0n) is 19.2. The van der Waals surface area contributed by atoms with Gasteiger partial charge in [-0.1, -0.05) is 60.1 Å². The monoisotopic (exact) mass is 504 g/mol. The van der Waals surface area contributed by atoms with E-state index in [-0.39, 0.29) is 18.0 Å². The van der Waals surface area contributed by atoms with Crippen molar-refractivity contribution in [3.8, 4) is 0 Å². The molecular formula is C28H25ClN2O3S. The highest BCUT2D eigenvalue weighted by Gasteiger charge is 2.28. The Hall–Kier alpha value is -3.32. The fraction of sp³-hybridized carbons (Fsp3) is 0.143. The second-order valence-electron chi connectivity index (χ2n) is 8.63. The van der Waals surface area contributed by atoms with Crippen LogP contribution in [0.3, 0.4) is 0 Å². The number of aliphatic hydroxyl groups is 1. The van der Waals surface area contributed by atoms with Crippen LogP contribution in [0.25, 0.3) is 21.8 Å². The quantitative estimate of drug-likeness (QED) is 0.295. The SMILES string of the molecule is Cc1cccc(N(CC(O)Cn2c3ccccc3c3ccccc32)S(=O)(=O)c2ccc(Cl)cc2)c1. The first-order valence-corrected chi connectivity index (χ1v) is 13.2. The summed E-state index contributed by atoms with van der Waals surface area (Å²) in [5.74, 6) is 0. The fourth-order valence-electron chi connectivity index (χ4n) is 4.52. The van der Waals surface area contributed by atoms with Crippen molar-refractivity contribution in [3.05, 3.63) is 108 Å². The summed E-state index contributed by atoms with van der Waals surface area (Å²) >= 11 is 5.99. The number of fused-ring (bicyclic) bond motifs is 3. The highest BCUT2D eigenvalue weighted by molar-refractivity contribution is 7.92. The summed E-state index contributed by atoms with van der Waals surface area (Å²) < 4.78 is 30.7. The Morgan fingerprint density at radius 2 is 1.46 bits per heavy atom. The third kappa shape index (κ3) is 4.52. The minimum absolute atomic E-state index is 0.102. The van der Waals surface area contributed by atoms with Crippen LogP contribution in [0.4, 0.5) is 5.69 Å². The molecule has 7 heteroatoms. The van der Waals surface area contributed by atoms with Crippen molar-refractivity contribution >= 4 is 49.1 Å². The Labute approximate surface area is 209 Å². The van der Waals surface area contributed by atoms with E-state index in [0.717, 1.165) is 27.4 Å². The van der Waals surface area contributed by atoms with E-state index in [1.807, 2.05) is 55.5 Å². The molecule has 0 aliphatic rings. The molecule has 0 aliphatic carbocycles. The van der Waals surface area contributed by atoms with Gasteiger partial charge in [-0.3, -0.25) is 4.31 Å². The first kappa shape index (κ1) is 23.4. The lowest BCUT2D eigenvalue weighted by atomic mass is 10.2. The number of rotatable bonds is 7. The first-order chi connectivity index (χ1) is 16.8. The molecule has 0 aliphatic heterocycles. The Morgan fingerprint density at radius 3 is 2.06 bits per heavy atom. The maximum absolute atomic E-state index is 13.7. The number of benzene rings is 4. The van der Waals surface area contributed by atoms with Crippen molar-refractivity contribution < 1.29 is 13.5 Å². The number of hydrogen-bond acceptors (Lipinski definition) is 3. The normalized spacial score (nSPS) is 12.8. The Kier molecular flexibility index (Phi) is 6.28. The number of aryl methyl sites for hydroxylation is 1. The summed E-state index contributed by atoms with van der Waals surface area (Å²) in [6.45, 7) is 2.05. The van der Waals surface area contributed by atoms with Crippen LogP contribution in [0.1, 0.15) is 5.56 Å². The van der Waals surface area contributed by atoms with E-state index in [1.54, 1.807) is 24.3 Å². The molecular weight excluding hydrogens is 480 g/mol. The number of aliphatic hydroxyl groups excluding tert-OH is 1. The van der Waals surface area contributed by atoms with Crippen LogP contribution in [-0.2, 0) is 16.6 Å². The van der Waals surface area contributed by atoms with Gasteiger partial charge >= 0.3 is 0 Å². The number of halogens is 1. The number of nitrogens with zero attached hydrogens (tertiary/aromatic N) is 2. The van der Waals surface area contributed by atoms with Crippen LogP contribution in [0.5, 0.6) is 0 Å². The van der Waals surface area contributed by atoms with Gasteiger partial charge < -0.3 is 9.67 Å². The van der Waals surface area contributed by atoms with Crippen LogP contribution in [0.15, 0.2) is 102 Å². The molecule has 1 unspecified atom stereocenters. The molecule has 0 saturated carbocycles. The van der Waals surface area contributed by atoms with Gasteiger partial charge in [0.15, 0.2) is 0 Å². The molecule has 178 valence electrons. The molecule has 35 heavy (non-hydrogen) atoms. The molecule has 0 bridgehead atoms. The van der Waals surface area contributed by atoms with Gasteiger partial charge in [-0.05, 0) is 61.0 Å². The smallest absolute Gasteiger partial charge is 0.264 e. The molecule has 1 N–H and O–H groups in total. The molecule has 0 amide bonds. The van der Waals surface area contributed by atoms with Gasteiger partial charge in [-0.25, -0.2) is 8.42 Å². The van der Waals surface area contributed by atoms with Crippen LogP contribution >= 0.6 is 11.6 Å². The molecule has 5 nitrogen and oxygen atoms in total. The Balaban J connectivity index is 1.53. The minimum Gasteiger partial charge on any atom is -0.389 e. The first-order valence-electron chi connectivity index (χ1n) is 11.3. The van der Waals surface area contributed by atoms with Crippen molar-refractivity contribution in [2.75, 3.05) is 10.8 Å². The predicted octanol–water partition coefficient (Wildman–Crippen LogP) is 6.01. The third-order valence-corrected chi connectivity index (χ3v) is 8.20. The summed E-state index contributed by atoms with van der Waals surface area (Å²) in [6.07, 6.45) is -0.961. The fourth-order valence-corrected chi connectivity index (χ4v) is 6.14. The van der Waals surface area contributed by atoms with E-state index < -0.39 is 16.1 Å². The third-order valence-electron chi connectivity index (χ3n) is 6.14. The van der Waals surface area contributed by atoms with Crippen LogP contribution in [-0.4, -0.2) is 30.7 Å². The highest BCUT2D eigenvalue weighted by Crippen LogP contribution is 2.30. The molecule has 5 rings (SSSR count). The lowest BCUT2D eigenvalue weighted by molar-refractivity contribution is 0.166. The lowest BCUT2D eigenvalue weighted by Crippen LogP contribution is -2.39. The standard InChI is InChI=1S/C28H25ClN2O3S/c1-20-7-6-8-22(17-20)31(35(33,34)24-15-13-21(29)14-16-24)19-23(32)18-30-27-11-4-2-9-25(27)26-10-3-5-12-28(26)30/h2-17,23,32H,18-19H2,1H3. The van der Waals surface area contributed by atoms with Gasteiger partial charge in [0.1, 0.15) is 0 Å². The summed E-state index contributed by atoms with van der Waals surface area (Å²) in [4.78, 5) is 0.118. The van der Waals surface area contributed by atoms with Gasteiger partial charge in [0.05, 0.1) is 29.8 Å². The van der Waals surface area contributed by atoms with Crippen molar-refractivity contribution in [2.45, 2.75) is 24.5 Å². The van der Waals surface area contributed by atoms with Gasteiger partial charge in [0.2, 0.25) is 0 Å². The maximum atomic E-state index is 13.7. The number of para-hydroxylation sites is 2. The predicted molar refractivity (Wildman–Crippen MR) is 143 cm³/mol. The zero-order chi connectivity index (χ0) is 24.6. The summed E-state index contributed by atoms with van der Waals surface area (Å²) in [5.41, 5.74) is 3.42. The molecule has 4 aromatic carbocycles. The van der Waals surface area contributed by atoms with E-state index in [1.165, 1.54) is 16.4 Å². The Morgan fingerprint density at radius 1 is 0.857 bits per heavy atom. The number of anilines is 1. The molecule has 1 atom stereocenters. The average molecular weight is 505 g/mol. The Bertz CT molecular complexity index is 1560. The summed E-state index contributed by atoms with van der Waals surface area (Å²) in [6, 6.07) is 29.4.